The smallest absolute Gasteiger partial charge is 0.235 e. The largest absolute Gasteiger partial charge is 0.480 e. The predicted octanol–water partition coefficient (Wildman–Crippen LogP) is 0.863. The zero-order valence-electron chi connectivity index (χ0n) is 7.73. The Kier molecular flexibility index (Phi) is 3.37. The monoisotopic (exact) mass is 180 g/mol. The Balaban J connectivity index is 2.80. The molecule has 70 valence electrons. The molecule has 0 spiro atoms. The predicted molar refractivity (Wildman–Crippen MR) is 47.5 cm³/mol. The van der Waals surface area contributed by atoms with Gasteiger partial charge in [0.15, 0.2) is 0 Å². The summed E-state index contributed by atoms with van der Waals surface area (Å²) in [6, 6.07) is 0. The van der Waals surface area contributed by atoms with Crippen molar-refractivity contribution in [2.45, 2.75) is 13.3 Å². The molecule has 1 unspecified atom stereocenters. The van der Waals surface area contributed by atoms with Gasteiger partial charge in [-0.25, -0.2) is 4.98 Å². The zero-order chi connectivity index (χ0) is 9.68. The summed E-state index contributed by atoms with van der Waals surface area (Å²) in [5.74, 6) is 0.446. The average Bonchev–Trinajstić information content (AvgIpc) is 2.18. The van der Waals surface area contributed by atoms with Crippen molar-refractivity contribution >= 4 is 6.29 Å². The molecule has 0 saturated heterocycles. The molecule has 4 nitrogen and oxygen atoms in total. The molecule has 4 heteroatoms. The molecule has 0 N–H and O–H groups in total. The van der Waals surface area contributed by atoms with Gasteiger partial charge in [0.05, 0.1) is 7.11 Å². The third-order valence-electron chi connectivity index (χ3n) is 1.68. The van der Waals surface area contributed by atoms with E-state index in [1.54, 1.807) is 19.5 Å². The summed E-state index contributed by atoms with van der Waals surface area (Å²) >= 11 is 0. The fourth-order valence-electron chi connectivity index (χ4n) is 1.02. The third-order valence-corrected chi connectivity index (χ3v) is 1.68. The van der Waals surface area contributed by atoms with Crippen molar-refractivity contribution in [1.82, 2.24) is 9.97 Å². The molecule has 1 heterocycles. The van der Waals surface area contributed by atoms with E-state index in [-0.39, 0.29) is 5.92 Å². The average molecular weight is 180 g/mol. The van der Waals surface area contributed by atoms with Gasteiger partial charge in [-0.05, 0) is 0 Å². The molecular weight excluding hydrogens is 168 g/mol. The molecule has 1 rings (SSSR count). The number of hydrogen-bond donors (Lipinski definition) is 0. The van der Waals surface area contributed by atoms with E-state index in [0.717, 1.165) is 12.0 Å². The quantitative estimate of drug-likeness (QED) is 0.645. The van der Waals surface area contributed by atoms with E-state index >= 15 is 0 Å². The van der Waals surface area contributed by atoms with Crippen LogP contribution in [-0.2, 0) is 11.2 Å². The van der Waals surface area contributed by atoms with Gasteiger partial charge >= 0.3 is 0 Å². The van der Waals surface area contributed by atoms with Crippen molar-refractivity contribution in [2.24, 2.45) is 5.92 Å². The van der Waals surface area contributed by atoms with Gasteiger partial charge in [0.2, 0.25) is 5.88 Å². The van der Waals surface area contributed by atoms with Gasteiger partial charge in [0, 0.05) is 24.7 Å². The van der Waals surface area contributed by atoms with Gasteiger partial charge in [0.1, 0.15) is 12.0 Å². The maximum Gasteiger partial charge on any atom is 0.235 e. The molecule has 0 radical (unpaired) electrons. The Morgan fingerprint density at radius 2 is 2.23 bits per heavy atom. The minimum absolute atomic E-state index is 0.0504. The normalized spacial score (nSPS) is 12.2. The van der Waals surface area contributed by atoms with Crippen LogP contribution in [0.1, 0.15) is 12.6 Å². The van der Waals surface area contributed by atoms with Gasteiger partial charge in [-0.3, -0.25) is 4.98 Å². The number of rotatable bonds is 4. The standard InChI is InChI=1S/C9H12N2O2/c1-7(6-12)5-8-9(13-2)11-4-3-10-8/h3-4,6-7H,5H2,1-2H3. The number of hydrogen-bond acceptors (Lipinski definition) is 4. The molecule has 0 aliphatic carbocycles. The van der Waals surface area contributed by atoms with Crippen LogP contribution in [0.2, 0.25) is 0 Å². The van der Waals surface area contributed by atoms with Crippen molar-refractivity contribution < 1.29 is 9.53 Å². The fourth-order valence-corrected chi connectivity index (χ4v) is 1.02. The summed E-state index contributed by atoms with van der Waals surface area (Å²) in [5.41, 5.74) is 0.726. The van der Waals surface area contributed by atoms with Crippen molar-refractivity contribution in [3.63, 3.8) is 0 Å². The van der Waals surface area contributed by atoms with Crippen LogP contribution >= 0.6 is 0 Å². The molecule has 0 aliphatic rings. The van der Waals surface area contributed by atoms with Crippen molar-refractivity contribution in [3.8, 4) is 5.88 Å². The highest BCUT2D eigenvalue weighted by molar-refractivity contribution is 5.53. The van der Waals surface area contributed by atoms with Crippen molar-refractivity contribution in [2.75, 3.05) is 7.11 Å². The van der Waals surface area contributed by atoms with E-state index in [1.807, 2.05) is 6.92 Å². The lowest BCUT2D eigenvalue weighted by Gasteiger charge is -2.06. The van der Waals surface area contributed by atoms with Gasteiger partial charge in [0.25, 0.3) is 0 Å². The Bertz CT molecular complexity index is 289. The lowest BCUT2D eigenvalue weighted by molar-refractivity contribution is -0.110. The molecule has 0 bridgehead atoms. The second-order valence-corrected chi connectivity index (χ2v) is 2.83. The van der Waals surface area contributed by atoms with Crippen LogP contribution in [0.25, 0.3) is 0 Å². The summed E-state index contributed by atoms with van der Waals surface area (Å²) < 4.78 is 5.00. The number of aldehydes is 1. The molecule has 1 aromatic heterocycles. The maximum absolute atomic E-state index is 10.4. The maximum atomic E-state index is 10.4. The lowest BCUT2D eigenvalue weighted by Crippen LogP contribution is -2.05. The van der Waals surface area contributed by atoms with Crippen molar-refractivity contribution in [1.29, 1.82) is 0 Å². The lowest BCUT2D eigenvalue weighted by atomic mass is 10.1. The van der Waals surface area contributed by atoms with Gasteiger partial charge in [-0.2, -0.15) is 0 Å². The van der Waals surface area contributed by atoms with Crippen LogP contribution in [0.3, 0.4) is 0 Å². The Morgan fingerprint density at radius 1 is 1.54 bits per heavy atom. The summed E-state index contributed by atoms with van der Waals surface area (Å²) in [7, 11) is 1.54. The van der Waals surface area contributed by atoms with Crippen LogP contribution < -0.4 is 4.74 Å². The highest BCUT2D eigenvalue weighted by Crippen LogP contribution is 2.13. The molecule has 0 saturated carbocycles. The molecule has 0 aliphatic heterocycles. The molecule has 1 atom stereocenters. The van der Waals surface area contributed by atoms with Gasteiger partial charge in [-0.15, -0.1) is 0 Å². The first-order chi connectivity index (χ1) is 6.27. The van der Waals surface area contributed by atoms with Crippen molar-refractivity contribution in [3.05, 3.63) is 18.1 Å². The van der Waals surface area contributed by atoms with Crippen LogP contribution in [0.15, 0.2) is 12.4 Å². The molecule has 0 fully saturated rings. The fraction of sp³-hybridized carbons (Fsp3) is 0.444. The minimum Gasteiger partial charge on any atom is -0.480 e. The van der Waals surface area contributed by atoms with Gasteiger partial charge in [-0.1, -0.05) is 6.92 Å². The SMILES string of the molecule is COc1nccnc1CC(C)C=O. The number of aromatic nitrogens is 2. The summed E-state index contributed by atoms with van der Waals surface area (Å²) in [4.78, 5) is 18.5. The van der Waals surface area contributed by atoms with Crippen LogP contribution in [0.5, 0.6) is 5.88 Å². The van der Waals surface area contributed by atoms with E-state index in [9.17, 15) is 4.79 Å². The highest BCUT2D eigenvalue weighted by Gasteiger charge is 2.08. The number of ether oxygens (including phenoxy) is 1. The molecule has 0 amide bonds. The number of carbonyl (C=O) groups is 1. The second kappa shape index (κ2) is 4.54. The Labute approximate surface area is 77.0 Å². The molecule has 1 aromatic rings. The van der Waals surface area contributed by atoms with Crippen LogP contribution in [-0.4, -0.2) is 23.4 Å². The van der Waals surface area contributed by atoms with E-state index < -0.39 is 0 Å². The molecular formula is C9H12N2O2. The molecule has 13 heavy (non-hydrogen) atoms. The number of methoxy groups -OCH3 is 1. The Hall–Kier alpha value is -1.45. The Morgan fingerprint density at radius 3 is 2.85 bits per heavy atom. The third kappa shape index (κ3) is 2.50. The second-order valence-electron chi connectivity index (χ2n) is 2.83. The zero-order valence-corrected chi connectivity index (χ0v) is 7.73. The van der Waals surface area contributed by atoms with Crippen LogP contribution in [0.4, 0.5) is 0 Å². The number of carbonyl (C=O) groups excluding carboxylic acids is 1. The minimum atomic E-state index is -0.0504. The van der Waals surface area contributed by atoms with E-state index in [0.29, 0.717) is 12.3 Å². The highest BCUT2D eigenvalue weighted by atomic mass is 16.5. The number of nitrogens with zero attached hydrogens (tertiary/aromatic N) is 2. The molecule has 0 aromatic carbocycles. The summed E-state index contributed by atoms with van der Waals surface area (Å²) in [6.45, 7) is 1.83. The first-order valence-corrected chi connectivity index (χ1v) is 4.07. The first-order valence-electron chi connectivity index (χ1n) is 4.07. The topological polar surface area (TPSA) is 52.1 Å². The van der Waals surface area contributed by atoms with Crippen LogP contribution in [0, 0.1) is 5.92 Å². The van der Waals surface area contributed by atoms with E-state index in [4.69, 9.17) is 4.74 Å². The summed E-state index contributed by atoms with van der Waals surface area (Å²) in [6.07, 6.45) is 4.62. The first kappa shape index (κ1) is 9.64. The summed E-state index contributed by atoms with van der Waals surface area (Å²) in [5, 5.41) is 0. The van der Waals surface area contributed by atoms with E-state index in [2.05, 4.69) is 9.97 Å². The van der Waals surface area contributed by atoms with E-state index in [1.165, 1.54) is 0 Å². The van der Waals surface area contributed by atoms with Gasteiger partial charge < -0.3 is 9.53 Å².